The Balaban J connectivity index is 1.44. The van der Waals surface area contributed by atoms with Crippen molar-refractivity contribution in [3.8, 4) is 11.1 Å². The van der Waals surface area contributed by atoms with Crippen LogP contribution in [0.2, 0.25) is 0 Å². The van der Waals surface area contributed by atoms with Crippen molar-refractivity contribution < 1.29 is 23.4 Å². The van der Waals surface area contributed by atoms with Crippen LogP contribution in [0.3, 0.4) is 0 Å². The number of hydrogen-bond acceptors (Lipinski definition) is 3. The zero-order valence-corrected chi connectivity index (χ0v) is 15.5. The number of aliphatic hydroxyl groups excluding tert-OH is 1. The number of halogens is 2. The first kappa shape index (κ1) is 18.9. The van der Waals surface area contributed by atoms with Crippen molar-refractivity contribution in [2.75, 3.05) is 13.2 Å². The number of rotatable bonds is 4. The molecule has 2 aromatic rings. The molecule has 6 heteroatoms. The Hall–Kier alpha value is -2.47. The Morgan fingerprint density at radius 2 is 1.54 bits per heavy atom. The number of alkyl halides is 2. The largest absolute Gasteiger partial charge is 0.449 e. The molecule has 1 fully saturated rings. The third-order valence-electron chi connectivity index (χ3n) is 5.95. The van der Waals surface area contributed by atoms with Gasteiger partial charge in [-0.25, -0.2) is 13.6 Å². The SMILES string of the molecule is O=C(NC1(CO)CCC(F)(F)CC1)OCC1c2ccccc2-c2ccccc21. The highest BCUT2D eigenvalue weighted by Crippen LogP contribution is 2.44. The molecule has 0 atom stereocenters. The van der Waals surface area contributed by atoms with Gasteiger partial charge in [0.1, 0.15) is 6.61 Å². The van der Waals surface area contributed by atoms with Crippen LogP contribution in [0.4, 0.5) is 13.6 Å². The maximum atomic E-state index is 13.4. The van der Waals surface area contributed by atoms with Gasteiger partial charge in [-0.05, 0) is 35.1 Å². The fraction of sp³-hybridized carbons (Fsp3) is 0.409. The molecule has 1 saturated carbocycles. The summed E-state index contributed by atoms with van der Waals surface area (Å²) in [5, 5.41) is 12.3. The van der Waals surface area contributed by atoms with E-state index in [9.17, 15) is 18.7 Å². The Morgan fingerprint density at radius 1 is 1.00 bits per heavy atom. The average Bonchev–Trinajstić information content (AvgIpc) is 3.02. The molecule has 4 nitrogen and oxygen atoms in total. The third kappa shape index (κ3) is 3.49. The van der Waals surface area contributed by atoms with Crippen molar-refractivity contribution in [3.05, 3.63) is 59.7 Å². The zero-order chi connectivity index (χ0) is 19.8. The molecule has 2 aromatic carbocycles. The fourth-order valence-electron chi connectivity index (χ4n) is 4.27. The van der Waals surface area contributed by atoms with Crippen LogP contribution in [0.15, 0.2) is 48.5 Å². The van der Waals surface area contributed by atoms with E-state index in [-0.39, 0.29) is 44.8 Å². The number of amides is 1. The lowest BCUT2D eigenvalue weighted by atomic mass is 9.80. The van der Waals surface area contributed by atoms with Crippen LogP contribution >= 0.6 is 0 Å². The lowest BCUT2D eigenvalue weighted by Crippen LogP contribution is -2.55. The lowest BCUT2D eigenvalue weighted by molar-refractivity contribution is -0.0632. The predicted octanol–water partition coefficient (Wildman–Crippen LogP) is 4.47. The van der Waals surface area contributed by atoms with Gasteiger partial charge in [0.05, 0.1) is 12.1 Å². The molecule has 0 bridgehead atoms. The van der Waals surface area contributed by atoms with Gasteiger partial charge in [-0.2, -0.15) is 0 Å². The summed E-state index contributed by atoms with van der Waals surface area (Å²) < 4.78 is 32.3. The second-order valence-corrected chi connectivity index (χ2v) is 7.74. The highest BCUT2D eigenvalue weighted by Gasteiger charge is 2.44. The minimum absolute atomic E-state index is 0.0285. The van der Waals surface area contributed by atoms with Crippen LogP contribution in [-0.2, 0) is 4.74 Å². The number of fused-ring (bicyclic) bond motifs is 3. The van der Waals surface area contributed by atoms with Crippen molar-refractivity contribution in [2.24, 2.45) is 0 Å². The Labute approximate surface area is 162 Å². The molecule has 0 aliphatic heterocycles. The normalized spacial score (nSPS) is 19.5. The number of aliphatic hydroxyl groups is 1. The number of carbonyl (C=O) groups is 1. The van der Waals surface area contributed by atoms with E-state index in [1.165, 1.54) is 0 Å². The van der Waals surface area contributed by atoms with Gasteiger partial charge in [0.25, 0.3) is 0 Å². The number of ether oxygens (including phenoxy) is 1. The molecule has 2 aliphatic carbocycles. The van der Waals surface area contributed by atoms with Crippen LogP contribution in [0.25, 0.3) is 11.1 Å². The summed E-state index contributed by atoms with van der Waals surface area (Å²) in [6.07, 6.45) is -1.32. The van der Waals surface area contributed by atoms with Gasteiger partial charge in [-0.3, -0.25) is 0 Å². The number of hydrogen-bond donors (Lipinski definition) is 2. The molecule has 4 rings (SSSR count). The van der Waals surface area contributed by atoms with Gasteiger partial charge in [-0.15, -0.1) is 0 Å². The molecule has 0 aromatic heterocycles. The summed E-state index contributed by atoms with van der Waals surface area (Å²) in [6.45, 7) is -0.231. The van der Waals surface area contributed by atoms with Gasteiger partial charge in [0.2, 0.25) is 5.92 Å². The van der Waals surface area contributed by atoms with Gasteiger partial charge < -0.3 is 15.2 Å². The highest BCUT2D eigenvalue weighted by molar-refractivity contribution is 5.79. The van der Waals surface area contributed by atoms with Gasteiger partial charge in [0, 0.05) is 18.8 Å². The first-order chi connectivity index (χ1) is 13.4. The summed E-state index contributed by atoms with van der Waals surface area (Å²) in [5.74, 6) is -2.81. The molecular formula is C22H23F2NO3. The van der Waals surface area contributed by atoms with E-state index >= 15 is 0 Å². The Bertz CT molecular complexity index is 828. The van der Waals surface area contributed by atoms with Crippen LogP contribution in [0.1, 0.15) is 42.7 Å². The van der Waals surface area contributed by atoms with E-state index in [4.69, 9.17) is 4.74 Å². The summed E-state index contributed by atoms with van der Waals surface area (Å²) in [5.41, 5.74) is 3.43. The molecule has 0 radical (unpaired) electrons. The Kier molecular flexibility index (Phi) is 4.83. The van der Waals surface area contributed by atoms with Crippen molar-refractivity contribution in [1.29, 1.82) is 0 Å². The molecule has 0 saturated heterocycles. The van der Waals surface area contributed by atoms with Crippen molar-refractivity contribution in [3.63, 3.8) is 0 Å². The first-order valence-corrected chi connectivity index (χ1v) is 9.55. The minimum atomic E-state index is -2.73. The fourth-order valence-corrected chi connectivity index (χ4v) is 4.27. The van der Waals surface area contributed by atoms with E-state index in [2.05, 4.69) is 17.4 Å². The number of alkyl carbamates (subject to hydrolysis) is 1. The van der Waals surface area contributed by atoms with Gasteiger partial charge in [0.15, 0.2) is 0 Å². The van der Waals surface area contributed by atoms with Crippen LogP contribution < -0.4 is 5.32 Å². The maximum absolute atomic E-state index is 13.4. The molecule has 0 unspecified atom stereocenters. The molecule has 2 aliphatic rings. The van der Waals surface area contributed by atoms with Gasteiger partial charge >= 0.3 is 6.09 Å². The number of nitrogens with one attached hydrogen (secondary N) is 1. The second-order valence-electron chi connectivity index (χ2n) is 7.74. The smallest absolute Gasteiger partial charge is 0.407 e. The highest BCUT2D eigenvalue weighted by atomic mass is 19.3. The molecule has 0 spiro atoms. The van der Waals surface area contributed by atoms with Crippen LogP contribution in [0, 0.1) is 0 Å². The van der Waals surface area contributed by atoms with E-state index in [1.807, 2.05) is 36.4 Å². The van der Waals surface area contributed by atoms with Crippen molar-refractivity contribution >= 4 is 6.09 Å². The summed E-state index contributed by atoms with van der Waals surface area (Å²) in [7, 11) is 0. The maximum Gasteiger partial charge on any atom is 0.407 e. The second kappa shape index (κ2) is 7.17. The zero-order valence-electron chi connectivity index (χ0n) is 15.5. The standard InChI is InChI=1S/C22H23F2NO3/c23-22(24)11-9-21(14-26,10-12-22)25-20(27)28-13-19-17-7-3-1-5-15(17)16-6-2-4-8-18(16)19/h1-8,19,26H,9-14H2,(H,25,27). The summed E-state index contributed by atoms with van der Waals surface area (Å²) in [4.78, 5) is 12.4. The molecule has 2 N–H and O–H groups in total. The minimum Gasteiger partial charge on any atom is -0.449 e. The summed E-state index contributed by atoms with van der Waals surface area (Å²) >= 11 is 0. The predicted molar refractivity (Wildman–Crippen MR) is 101 cm³/mol. The molecule has 148 valence electrons. The molecule has 28 heavy (non-hydrogen) atoms. The van der Waals surface area contributed by atoms with E-state index in [0.29, 0.717) is 0 Å². The number of carbonyl (C=O) groups excluding carboxylic acids is 1. The van der Waals surface area contributed by atoms with Crippen LogP contribution in [-0.4, -0.2) is 35.9 Å². The van der Waals surface area contributed by atoms with E-state index in [0.717, 1.165) is 22.3 Å². The van der Waals surface area contributed by atoms with Crippen molar-refractivity contribution in [1.82, 2.24) is 5.32 Å². The van der Waals surface area contributed by atoms with E-state index in [1.54, 1.807) is 0 Å². The summed E-state index contributed by atoms with van der Waals surface area (Å²) in [6, 6.07) is 16.0. The van der Waals surface area contributed by atoms with Gasteiger partial charge in [-0.1, -0.05) is 48.5 Å². The average molecular weight is 387 g/mol. The number of benzene rings is 2. The molecule has 1 amide bonds. The Morgan fingerprint density at radius 3 is 2.07 bits per heavy atom. The van der Waals surface area contributed by atoms with Crippen molar-refractivity contribution in [2.45, 2.75) is 43.1 Å². The quantitative estimate of drug-likeness (QED) is 0.814. The molecular weight excluding hydrogens is 364 g/mol. The monoisotopic (exact) mass is 387 g/mol. The lowest BCUT2D eigenvalue weighted by Gasteiger charge is -2.39. The third-order valence-corrected chi connectivity index (χ3v) is 5.95. The molecule has 0 heterocycles. The van der Waals surface area contributed by atoms with E-state index < -0.39 is 17.6 Å². The topological polar surface area (TPSA) is 58.6 Å². The first-order valence-electron chi connectivity index (χ1n) is 9.55. The van der Waals surface area contributed by atoms with Crippen LogP contribution in [0.5, 0.6) is 0 Å².